The SMILES string of the molecule is Cc1cc(NC2CCCCC2)nc(NN2CCN(C)CC2)c1C#N. The Morgan fingerprint density at radius 1 is 1.17 bits per heavy atom. The highest BCUT2D eigenvalue weighted by molar-refractivity contribution is 5.60. The fourth-order valence-corrected chi connectivity index (χ4v) is 3.49. The Kier molecular flexibility index (Phi) is 5.54. The van der Waals surface area contributed by atoms with Gasteiger partial charge in [0.1, 0.15) is 11.9 Å². The molecule has 0 aromatic carbocycles. The van der Waals surface area contributed by atoms with E-state index in [1.807, 2.05) is 13.0 Å². The number of rotatable bonds is 4. The van der Waals surface area contributed by atoms with Crippen LogP contribution in [0.3, 0.4) is 0 Å². The van der Waals surface area contributed by atoms with Crippen LogP contribution in [-0.4, -0.2) is 54.2 Å². The molecule has 130 valence electrons. The average Bonchev–Trinajstić information content (AvgIpc) is 2.58. The molecule has 1 aliphatic heterocycles. The van der Waals surface area contributed by atoms with E-state index in [1.54, 1.807) is 0 Å². The lowest BCUT2D eigenvalue weighted by Crippen LogP contribution is -2.47. The molecule has 2 N–H and O–H groups in total. The first-order valence-electron chi connectivity index (χ1n) is 9.04. The van der Waals surface area contributed by atoms with Crippen molar-refractivity contribution in [3.05, 3.63) is 17.2 Å². The minimum atomic E-state index is 0.509. The summed E-state index contributed by atoms with van der Waals surface area (Å²) >= 11 is 0. The Morgan fingerprint density at radius 2 is 1.88 bits per heavy atom. The van der Waals surface area contributed by atoms with E-state index in [0.717, 1.165) is 37.6 Å². The fourth-order valence-electron chi connectivity index (χ4n) is 3.49. The van der Waals surface area contributed by atoms with Gasteiger partial charge in [-0.15, -0.1) is 0 Å². The molecule has 0 amide bonds. The number of nitrogens with zero attached hydrogens (tertiary/aromatic N) is 4. The maximum Gasteiger partial charge on any atom is 0.161 e. The molecule has 3 rings (SSSR count). The van der Waals surface area contributed by atoms with Crippen LogP contribution in [0.1, 0.15) is 43.2 Å². The summed E-state index contributed by atoms with van der Waals surface area (Å²) in [6.07, 6.45) is 6.34. The third-order valence-corrected chi connectivity index (χ3v) is 5.05. The second-order valence-electron chi connectivity index (χ2n) is 7.04. The standard InChI is InChI=1S/C18H28N6/c1-14-12-17(20-15-6-4-3-5-7-15)21-18(16(14)13-19)22-24-10-8-23(2)9-11-24/h12,15H,3-11H2,1-2H3,(H2,20,21,22). The molecular weight excluding hydrogens is 300 g/mol. The van der Waals surface area contributed by atoms with Crippen molar-refractivity contribution in [1.82, 2.24) is 14.9 Å². The maximum absolute atomic E-state index is 9.51. The Balaban J connectivity index is 1.74. The molecule has 1 saturated heterocycles. The summed E-state index contributed by atoms with van der Waals surface area (Å²) in [7, 11) is 2.13. The number of piperazine rings is 1. The first-order valence-corrected chi connectivity index (χ1v) is 9.04. The van der Waals surface area contributed by atoms with Gasteiger partial charge in [0.15, 0.2) is 5.82 Å². The van der Waals surface area contributed by atoms with Gasteiger partial charge >= 0.3 is 0 Å². The van der Waals surface area contributed by atoms with E-state index in [2.05, 4.69) is 33.8 Å². The minimum Gasteiger partial charge on any atom is -0.367 e. The zero-order valence-electron chi connectivity index (χ0n) is 14.8. The van der Waals surface area contributed by atoms with E-state index in [9.17, 15) is 5.26 Å². The first-order chi connectivity index (χ1) is 11.7. The lowest BCUT2D eigenvalue weighted by atomic mass is 9.95. The second-order valence-corrected chi connectivity index (χ2v) is 7.04. The lowest BCUT2D eigenvalue weighted by molar-refractivity contribution is 0.178. The van der Waals surface area contributed by atoms with E-state index in [0.29, 0.717) is 17.4 Å². The molecule has 2 fully saturated rings. The molecule has 24 heavy (non-hydrogen) atoms. The highest BCUT2D eigenvalue weighted by Gasteiger charge is 2.19. The smallest absolute Gasteiger partial charge is 0.161 e. The molecule has 6 heteroatoms. The minimum absolute atomic E-state index is 0.509. The predicted octanol–water partition coefficient (Wildman–Crippen LogP) is 2.58. The molecule has 2 aliphatic rings. The molecule has 0 spiro atoms. The summed E-state index contributed by atoms with van der Waals surface area (Å²) in [5.41, 5.74) is 4.99. The molecule has 0 bridgehead atoms. The van der Waals surface area contributed by atoms with Gasteiger partial charge in [0.2, 0.25) is 0 Å². The van der Waals surface area contributed by atoms with Crippen molar-refractivity contribution in [3.63, 3.8) is 0 Å². The fraction of sp³-hybridized carbons (Fsp3) is 0.667. The third-order valence-electron chi connectivity index (χ3n) is 5.05. The van der Waals surface area contributed by atoms with Gasteiger partial charge < -0.3 is 15.6 Å². The van der Waals surface area contributed by atoms with E-state index in [4.69, 9.17) is 4.98 Å². The Morgan fingerprint density at radius 3 is 2.54 bits per heavy atom. The number of hydrogen-bond donors (Lipinski definition) is 2. The largest absolute Gasteiger partial charge is 0.367 e. The quantitative estimate of drug-likeness (QED) is 0.885. The van der Waals surface area contributed by atoms with E-state index >= 15 is 0 Å². The highest BCUT2D eigenvalue weighted by Crippen LogP contribution is 2.25. The molecule has 6 nitrogen and oxygen atoms in total. The number of pyridine rings is 1. The van der Waals surface area contributed by atoms with Gasteiger partial charge in [-0.1, -0.05) is 19.3 Å². The number of nitrogens with one attached hydrogen (secondary N) is 2. The zero-order valence-corrected chi connectivity index (χ0v) is 14.8. The van der Waals surface area contributed by atoms with E-state index < -0.39 is 0 Å². The Labute approximate surface area is 144 Å². The Hall–Kier alpha value is -1.84. The topological polar surface area (TPSA) is 67.2 Å². The molecule has 1 aromatic rings. The molecule has 0 unspecified atom stereocenters. The summed E-state index contributed by atoms with van der Waals surface area (Å²) < 4.78 is 0. The van der Waals surface area contributed by atoms with Gasteiger partial charge in [-0.05, 0) is 38.4 Å². The lowest BCUT2D eigenvalue weighted by Gasteiger charge is -2.33. The Bertz CT molecular complexity index is 594. The monoisotopic (exact) mass is 328 g/mol. The van der Waals surface area contributed by atoms with Crippen molar-refractivity contribution >= 4 is 11.6 Å². The number of aromatic nitrogens is 1. The summed E-state index contributed by atoms with van der Waals surface area (Å²) in [4.78, 5) is 7.02. The maximum atomic E-state index is 9.51. The van der Waals surface area contributed by atoms with Gasteiger partial charge in [0.05, 0.1) is 5.56 Å². The summed E-state index contributed by atoms with van der Waals surface area (Å²) in [6, 6.07) is 4.81. The summed E-state index contributed by atoms with van der Waals surface area (Å²) in [6.45, 7) is 5.90. The summed E-state index contributed by atoms with van der Waals surface area (Å²) in [5.74, 6) is 1.57. The average molecular weight is 328 g/mol. The molecule has 2 heterocycles. The van der Waals surface area contributed by atoms with Crippen LogP contribution in [-0.2, 0) is 0 Å². The van der Waals surface area contributed by atoms with Crippen molar-refractivity contribution in [2.45, 2.75) is 45.1 Å². The van der Waals surface area contributed by atoms with Crippen molar-refractivity contribution in [3.8, 4) is 6.07 Å². The van der Waals surface area contributed by atoms with Gasteiger partial charge in [-0.3, -0.25) is 0 Å². The van der Waals surface area contributed by atoms with Crippen LogP contribution >= 0.6 is 0 Å². The van der Waals surface area contributed by atoms with Gasteiger partial charge in [0, 0.05) is 32.2 Å². The number of hydrazine groups is 1. The highest BCUT2D eigenvalue weighted by atomic mass is 15.5. The second kappa shape index (κ2) is 7.82. The van der Waals surface area contributed by atoms with Gasteiger partial charge in [-0.2, -0.15) is 5.26 Å². The van der Waals surface area contributed by atoms with E-state index in [1.165, 1.54) is 32.1 Å². The van der Waals surface area contributed by atoms with Crippen molar-refractivity contribution < 1.29 is 0 Å². The van der Waals surface area contributed by atoms with Crippen LogP contribution in [0.4, 0.5) is 11.6 Å². The first kappa shape index (κ1) is 17.0. The normalized spacial score (nSPS) is 20.5. The zero-order chi connectivity index (χ0) is 16.9. The van der Waals surface area contributed by atoms with Crippen LogP contribution in [0.2, 0.25) is 0 Å². The van der Waals surface area contributed by atoms with Gasteiger partial charge in [-0.25, -0.2) is 9.99 Å². The van der Waals surface area contributed by atoms with Gasteiger partial charge in [0.25, 0.3) is 0 Å². The number of anilines is 2. The third kappa shape index (κ3) is 4.16. The van der Waals surface area contributed by atoms with Crippen LogP contribution in [0.5, 0.6) is 0 Å². The van der Waals surface area contributed by atoms with E-state index in [-0.39, 0.29) is 0 Å². The number of hydrogen-bond acceptors (Lipinski definition) is 6. The van der Waals surface area contributed by atoms with Crippen molar-refractivity contribution in [2.24, 2.45) is 0 Å². The van der Waals surface area contributed by atoms with Crippen LogP contribution < -0.4 is 10.7 Å². The van der Waals surface area contributed by atoms with Crippen LogP contribution in [0.25, 0.3) is 0 Å². The molecule has 1 aliphatic carbocycles. The predicted molar refractivity (Wildman–Crippen MR) is 96.9 cm³/mol. The van der Waals surface area contributed by atoms with Crippen molar-refractivity contribution in [2.75, 3.05) is 44.0 Å². The van der Waals surface area contributed by atoms with Crippen molar-refractivity contribution in [1.29, 1.82) is 5.26 Å². The summed E-state index contributed by atoms with van der Waals surface area (Å²) in [5, 5.41) is 15.2. The molecule has 1 aromatic heterocycles. The van der Waals surface area contributed by atoms with Crippen LogP contribution in [0.15, 0.2) is 6.07 Å². The number of aryl methyl sites for hydroxylation is 1. The molecule has 1 saturated carbocycles. The number of nitriles is 1. The molecular formula is C18H28N6. The van der Waals surface area contributed by atoms with Crippen LogP contribution in [0, 0.1) is 18.3 Å². The number of likely N-dealkylation sites (N-methyl/N-ethyl adjacent to an activating group) is 1. The molecule has 0 atom stereocenters. The molecule has 0 radical (unpaired) electrons.